The summed E-state index contributed by atoms with van der Waals surface area (Å²) in [5.74, 6) is 0.690. The van der Waals surface area contributed by atoms with Gasteiger partial charge in [0.25, 0.3) is 5.91 Å². The summed E-state index contributed by atoms with van der Waals surface area (Å²) in [5.41, 5.74) is 3.60. The number of β-amino-alcohol motifs (C(OH)–C–C–N with tert-alkyl or cyclic N) is 1. The first-order chi connectivity index (χ1) is 16.4. The lowest BCUT2D eigenvalue weighted by Crippen LogP contribution is -2.29. The van der Waals surface area contributed by atoms with Crippen LogP contribution in [0.4, 0.5) is 5.82 Å². The van der Waals surface area contributed by atoms with Gasteiger partial charge in [0, 0.05) is 55.6 Å². The van der Waals surface area contributed by atoms with Gasteiger partial charge < -0.3 is 19.9 Å². The quantitative estimate of drug-likeness (QED) is 0.502. The van der Waals surface area contributed by atoms with Crippen LogP contribution in [0.2, 0.25) is 5.02 Å². The Morgan fingerprint density at radius 1 is 1.35 bits per heavy atom. The fraction of sp³-hybridized carbons (Fsp3) is 0.435. The van der Waals surface area contributed by atoms with Gasteiger partial charge in [-0.2, -0.15) is 5.10 Å². The minimum Gasteiger partial charge on any atom is -0.391 e. The van der Waals surface area contributed by atoms with Gasteiger partial charge >= 0.3 is 0 Å². The number of fused-ring (bicyclic) bond motifs is 1. The number of halogens is 1. The lowest BCUT2D eigenvalue weighted by molar-refractivity contribution is 0.0942. The Balaban J connectivity index is 1.26. The molecule has 1 unspecified atom stereocenters. The summed E-state index contributed by atoms with van der Waals surface area (Å²) >= 11 is 7.92. The first-order valence-corrected chi connectivity index (χ1v) is 12.5. The van der Waals surface area contributed by atoms with Gasteiger partial charge in [-0.05, 0) is 37.4 Å². The second-order valence-electron chi connectivity index (χ2n) is 8.71. The van der Waals surface area contributed by atoms with Crippen LogP contribution in [0.25, 0.3) is 0 Å². The molecule has 1 saturated heterocycles. The van der Waals surface area contributed by atoms with Crippen LogP contribution in [-0.4, -0.2) is 60.4 Å². The normalized spacial score (nSPS) is 18.4. The Morgan fingerprint density at radius 3 is 3.00 bits per heavy atom. The van der Waals surface area contributed by atoms with Gasteiger partial charge in [0.1, 0.15) is 11.5 Å². The second kappa shape index (κ2) is 9.61. The molecule has 1 amide bonds. The minimum absolute atomic E-state index is 0.131. The highest BCUT2D eigenvalue weighted by Gasteiger charge is 2.25. The fourth-order valence-corrected chi connectivity index (χ4v) is 5.71. The molecule has 1 fully saturated rings. The molecule has 0 aliphatic carbocycles. The van der Waals surface area contributed by atoms with Crippen LogP contribution < -0.4 is 10.2 Å². The number of nitrogens with one attached hydrogen (secondary N) is 1. The largest absolute Gasteiger partial charge is 0.391 e. The van der Waals surface area contributed by atoms with Crippen molar-refractivity contribution < 1.29 is 9.90 Å². The molecule has 11 heteroatoms. The smallest absolute Gasteiger partial charge is 0.268 e. The highest BCUT2D eigenvalue weighted by molar-refractivity contribution is 7.97. The molecule has 0 saturated carbocycles. The number of carbonyl (C=O) groups excluding carboxylic acids is 1. The third-order valence-electron chi connectivity index (χ3n) is 6.50. The van der Waals surface area contributed by atoms with Crippen molar-refractivity contribution in [2.24, 2.45) is 7.05 Å². The van der Waals surface area contributed by atoms with E-state index in [1.165, 1.54) is 0 Å². The zero-order chi connectivity index (χ0) is 23.8. The summed E-state index contributed by atoms with van der Waals surface area (Å²) in [6.07, 6.45) is 3.84. The Labute approximate surface area is 207 Å². The van der Waals surface area contributed by atoms with Crippen molar-refractivity contribution in [3.63, 3.8) is 0 Å². The molecule has 1 atom stereocenters. The first kappa shape index (κ1) is 23.2. The molecule has 0 spiro atoms. The van der Waals surface area contributed by atoms with E-state index < -0.39 is 0 Å². The SMILES string of the molecule is Cc1c(SN2CCn3ncc(Cl)c3C2)cc(C(=O)NCc2cccnc2N2CCC(O)C2)n1C. The van der Waals surface area contributed by atoms with Gasteiger partial charge in [-0.15, -0.1) is 0 Å². The van der Waals surface area contributed by atoms with Crippen molar-refractivity contribution >= 4 is 35.3 Å². The number of aliphatic hydroxyl groups excluding tert-OH is 1. The zero-order valence-corrected chi connectivity index (χ0v) is 20.8. The summed E-state index contributed by atoms with van der Waals surface area (Å²) in [4.78, 5) is 20.7. The Kier molecular flexibility index (Phi) is 6.57. The molecule has 5 heterocycles. The standard InChI is InChI=1S/C23H28ClN7O2S/c1-15-21(34-30-8-9-31-20(14-30)18(24)12-27-31)10-19(28(15)2)23(33)26-11-16-4-3-6-25-22(16)29-7-5-17(32)13-29/h3-4,6,10,12,17,32H,5,7-9,11,13-14H2,1-2H3,(H,26,33). The number of hydrogen-bond donors (Lipinski definition) is 2. The van der Waals surface area contributed by atoms with Crippen molar-refractivity contribution in [3.8, 4) is 0 Å². The molecule has 0 radical (unpaired) electrons. The number of hydrogen-bond acceptors (Lipinski definition) is 7. The van der Waals surface area contributed by atoms with Crippen molar-refractivity contribution in [1.29, 1.82) is 0 Å². The van der Waals surface area contributed by atoms with E-state index in [4.69, 9.17) is 11.6 Å². The van der Waals surface area contributed by atoms with E-state index in [0.717, 1.165) is 53.7 Å². The van der Waals surface area contributed by atoms with E-state index in [0.29, 0.717) is 30.4 Å². The van der Waals surface area contributed by atoms with Crippen LogP contribution in [0, 0.1) is 6.92 Å². The number of rotatable bonds is 6. The van der Waals surface area contributed by atoms with Gasteiger partial charge in [0.05, 0.1) is 36.1 Å². The van der Waals surface area contributed by atoms with Crippen LogP contribution in [0.5, 0.6) is 0 Å². The lowest BCUT2D eigenvalue weighted by atomic mass is 10.2. The van der Waals surface area contributed by atoms with Gasteiger partial charge in [-0.1, -0.05) is 17.7 Å². The van der Waals surface area contributed by atoms with Gasteiger partial charge in [0.2, 0.25) is 0 Å². The monoisotopic (exact) mass is 501 g/mol. The van der Waals surface area contributed by atoms with E-state index >= 15 is 0 Å². The summed E-state index contributed by atoms with van der Waals surface area (Å²) < 4.78 is 6.13. The van der Waals surface area contributed by atoms with Crippen LogP contribution in [-0.2, 0) is 26.7 Å². The summed E-state index contributed by atoms with van der Waals surface area (Å²) in [6.45, 7) is 6.07. The molecule has 2 aliphatic heterocycles. The predicted octanol–water partition coefficient (Wildman–Crippen LogP) is 2.60. The van der Waals surface area contributed by atoms with Crippen LogP contribution in [0.15, 0.2) is 35.5 Å². The van der Waals surface area contributed by atoms with E-state index in [1.807, 2.05) is 41.4 Å². The van der Waals surface area contributed by atoms with Crippen LogP contribution >= 0.6 is 23.5 Å². The van der Waals surface area contributed by atoms with Crippen molar-refractivity contribution in [2.45, 2.75) is 44.0 Å². The second-order valence-corrected chi connectivity index (χ2v) is 10.3. The van der Waals surface area contributed by atoms with Gasteiger partial charge in [-0.25, -0.2) is 9.29 Å². The predicted molar refractivity (Wildman–Crippen MR) is 132 cm³/mol. The Hall–Kier alpha value is -2.53. The van der Waals surface area contributed by atoms with E-state index in [1.54, 1.807) is 24.3 Å². The Morgan fingerprint density at radius 2 is 2.21 bits per heavy atom. The lowest BCUT2D eigenvalue weighted by Gasteiger charge is -2.26. The molecule has 3 aromatic heterocycles. The number of aliphatic hydroxyl groups is 1. The maximum Gasteiger partial charge on any atom is 0.268 e. The summed E-state index contributed by atoms with van der Waals surface area (Å²) in [7, 11) is 1.91. The number of pyridine rings is 1. The molecule has 5 rings (SSSR count). The summed E-state index contributed by atoms with van der Waals surface area (Å²) in [5, 5.41) is 17.9. The molecule has 0 bridgehead atoms. The summed E-state index contributed by atoms with van der Waals surface area (Å²) in [6, 6.07) is 5.79. The molecule has 34 heavy (non-hydrogen) atoms. The van der Waals surface area contributed by atoms with Gasteiger partial charge in [-0.3, -0.25) is 9.48 Å². The van der Waals surface area contributed by atoms with Crippen molar-refractivity contribution in [3.05, 3.63) is 58.3 Å². The molecule has 9 nitrogen and oxygen atoms in total. The topological polar surface area (TPSA) is 91.5 Å². The van der Waals surface area contributed by atoms with Crippen LogP contribution in [0.3, 0.4) is 0 Å². The van der Waals surface area contributed by atoms with E-state index in [2.05, 4.69) is 24.6 Å². The third-order valence-corrected chi connectivity index (χ3v) is 8.00. The maximum atomic E-state index is 13.1. The van der Waals surface area contributed by atoms with Crippen molar-refractivity contribution in [2.75, 3.05) is 24.5 Å². The number of amides is 1. The average molecular weight is 502 g/mol. The minimum atomic E-state index is -0.330. The molecular formula is C23H28ClN7O2S. The zero-order valence-electron chi connectivity index (χ0n) is 19.2. The molecule has 2 aliphatic rings. The molecular weight excluding hydrogens is 474 g/mol. The number of nitrogens with zero attached hydrogens (tertiary/aromatic N) is 6. The number of carbonyl (C=O) groups is 1. The molecule has 180 valence electrons. The number of anilines is 1. The molecule has 0 aromatic carbocycles. The number of aromatic nitrogens is 4. The highest BCUT2D eigenvalue weighted by atomic mass is 35.5. The Bertz CT molecular complexity index is 1210. The highest BCUT2D eigenvalue weighted by Crippen LogP contribution is 2.33. The van der Waals surface area contributed by atoms with Crippen LogP contribution in [0.1, 0.15) is 33.9 Å². The van der Waals surface area contributed by atoms with E-state index in [9.17, 15) is 9.90 Å². The molecule has 3 aromatic rings. The van der Waals surface area contributed by atoms with Gasteiger partial charge in [0.15, 0.2) is 0 Å². The van der Waals surface area contributed by atoms with E-state index in [-0.39, 0.29) is 12.0 Å². The molecule has 2 N–H and O–H groups in total. The fourth-order valence-electron chi connectivity index (χ4n) is 4.44. The first-order valence-electron chi connectivity index (χ1n) is 11.3. The average Bonchev–Trinajstić information content (AvgIpc) is 3.52. The maximum absolute atomic E-state index is 13.1. The van der Waals surface area contributed by atoms with Crippen molar-refractivity contribution in [1.82, 2.24) is 29.0 Å². The third kappa shape index (κ3) is 4.55.